The molecular weight excluding hydrogens is 435 g/mol. The fraction of sp³-hybridized carbons (Fsp3) is 0.750. The van der Waals surface area contributed by atoms with Crippen molar-refractivity contribution in [1.29, 1.82) is 0 Å². The molecule has 5 nitrogen and oxygen atoms in total. The third kappa shape index (κ3) is 5.08. The van der Waals surface area contributed by atoms with E-state index in [0.29, 0.717) is 34.3 Å². The Morgan fingerprint density at radius 1 is 1.07 bits per heavy atom. The van der Waals surface area contributed by atoms with Crippen LogP contribution in [0.2, 0.25) is 16.6 Å². The van der Waals surface area contributed by atoms with Crippen molar-refractivity contribution in [2.45, 2.75) is 95.1 Å². The van der Waals surface area contributed by atoms with Crippen LogP contribution in [0.3, 0.4) is 0 Å². The van der Waals surface area contributed by atoms with Crippen LogP contribution >= 0.6 is 0 Å². The summed E-state index contributed by atoms with van der Waals surface area (Å²) in [7, 11) is -7.95. The van der Waals surface area contributed by atoms with Gasteiger partial charge in [0.1, 0.15) is 0 Å². The summed E-state index contributed by atoms with van der Waals surface area (Å²) < 4.78 is 72.9. The van der Waals surface area contributed by atoms with Crippen molar-refractivity contribution in [3.05, 3.63) is 29.6 Å². The molecule has 0 radical (unpaired) electrons. The minimum Gasteiger partial charge on any atom is -0.408 e. The summed E-state index contributed by atoms with van der Waals surface area (Å²) in [5.41, 5.74) is -3.13. The second kappa shape index (κ2) is 9.26. The molecule has 0 spiro atoms. The summed E-state index contributed by atoms with van der Waals surface area (Å²) in [5.74, 6) is 0. The SMILES string of the molecule is CC(C)[Si](OC1CCC(OS(=O)(=O)C(F)(F)F)Cc2cccnc21)(C(C)C)C(C)C. The zero-order valence-corrected chi connectivity index (χ0v) is 20.2. The molecule has 2 atom stereocenters. The predicted octanol–water partition coefficient (Wildman–Crippen LogP) is 5.89. The van der Waals surface area contributed by atoms with Crippen molar-refractivity contribution in [3.8, 4) is 0 Å². The van der Waals surface area contributed by atoms with Gasteiger partial charge < -0.3 is 4.43 Å². The summed E-state index contributed by atoms with van der Waals surface area (Å²) in [4.78, 5) is 4.47. The van der Waals surface area contributed by atoms with Gasteiger partial charge in [0.25, 0.3) is 0 Å². The summed E-state index contributed by atoms with van der Waals surface area (Å²) in [6, 6.07) is 3.44. The molecule has 1 aromatic rings. The lowest BCUT2D eigenvalue weighted by Crippen LogP contribution is -2.48. The molecule has 0 aromatic carbocycles. The summed E-state index contributed by atoms with van der Waals surface area (Å²) in [6.45, 7) is 12.9. The fourth-order valence-corrected chi connectivity index (χ4v) is 11.0. The van der Waals surface area contributed by atoms with Gasteiger partial charge in [-0.2, -0.15) is 21.6 Å². The Labute approximate surface area is 178 Å². The molecule has 0 saturated carbocycles. The topological polar surface area (TPSA) is 65.5 Å². The zero-order chi connectivity index (χ0) is 22.9. The highest BCUT2D eigenvalue weighted by Crippen LogP contribution is 2.47. The minimum atomic E-state index is -5.66. The Morgan fingerprint density at radius 3 is 2.13 bits per heavy atom. The summed E-state index contributed by atoms with van der Waals surface area (Å²) in [6.07, 6.45) is 0.644. The average molecular weight is 468 g/mol. The molecular formula is C20H32F3NO4SSi. The van der Waals surface area contributed by atoms with Gasteiger partial charge in [-0.3, -0.25) is 9.17 Å². The first-order valence-corrected chi connectivity index (χ1v) is 13.9. The number of nitrogens with zero attached hydrogens (tertiary/aromatic N) is 1. The van der Waals surface area contributed by atoms with E-state index in [1.807, 2.05) is 0 Å². The van der Waals surface area contributed by atoms with Gasteiger partial charge in [-0.1, -0.05) is 47.6 Å². The van der Waals surface area contributed by atoms with E-state index in [-0.39, 0.29) is 12.8 Å². The van der Waals surface area contributed by atoms with Crippen molar-refractivity contribution in [2.75, 3.05) is 0 Å². The minimum absolute atomic E-state index is 0.0396. The van der Waals surface area contributed by atoms with E-state index in [9.17, 15) is 21.6 Å². The first-order valence-electron chi connectivity index (χ1n) is 10.3. The predicted molar refractivity (Wildman–Crippen MR) is 112 cm³/mol. The number of alkyl halides is 3. The van der Waals surface area contributed by atoms with Crippen molar-refractivity contribution in [3.63, 3.8) is 0 Å². The van der Waals surface area contributed by atoms with Gasteiger partial charge in [0.05, 0.1) is 17.9 Å². The zero-order valence-electron chi connectivity index (χ0n) is 18.4. The highest BCUT2D eigenvalue weighted by atomic mass is 32.2. The molecule has 0 amide bonds. The Bertz CT molecular complexity index is 806. The maximum absolute atomic E-state index is 12.8. The van der Waals surface area contributed by atoms with Crippen molar-refractivity contribution < 1.29 is 30.2 Å². The lowest BCUT2D eigenvalue weighted by Gasteiger charge is -2.44. The first-order chi connectivity index (χ1) is 13.7. The van der Waals surface area contributed by atoms with E-state index in [2.05, 4.69) is 50.7 Å². The molecule has 10 heteroatoms. The Kier molecular flexibility index (Phi) is 7.80. The second-order valence-corrected chi connectivity index (χ2v) is 15.8. The summed E-state index contributed by atoms with van der Waals surface area (Å²) >= 11 is 0. The van der Waals surface area contributed by atoms with Crippen molar-refractivity contribution in [2.24, 2.45) is 0 Å². The highest BCUT2D eigenvalue weighted by Gasteiger charge is 2.50. The van der Waals surface area contributed by atoms with Gasteiger partial charge in [-0.25, -0.2) is 0 Å². The molecule has 0 aliphatic heterocycles. The van der Waals surface area contributed by atoms with Gasteiger partial charge >= 0.3 is 15.6 Å². The lowest BCUT2D eigenvalue weighted by atomic mass is 10.1. The van der Waals surface area contributed by atoms with E-state index in [1.54, 1.807) is 18.3 Å². The standard InChI is InChI=1S/C20H32F3NO4SSi/c1-13(2)30(14(3)4,15(5)6)28-18-10-9-17(27-29(25,26)20(21,22)23)12-16-8-7-11-24-19(16)18/h7-8,11,13-15,17-18H,9-10,12H2,1-6H3. The maximum atomic E-state index is 12.8. The number of hydrogen-bond donors (Lipinski definition) is 0. The summed E-state index contributed by atoms with van der Waals surface area (Å²) in [5, 5.41) is 0. The smallest absolute Gasteiger partial charge is 0.408 e. The Hall–Kier alpha value is -0.973. The number of fused-ring (bicyclic) bond motifs is 1. The van der Waals surface area contributed by atoms with Gasteiger partial charge in [0, 0.05) is 12.6 Å². The van der Waals surface area contributed by atoms with E-state index in [0.717, 1.165) is 0 Å². The molecule has 0 bridgehead atoms. The molecule has 2 rings (SSSR count). The van der Waals surface area contributed by atoms with Gasteiger partial charge in [-0.05, 0) is 41.1 Å². The van der Waals surface area contributed by atoms with Crippen LogP contribution in [0.4, 0.5) is 13.2 Å². The molecule has 2 unspecified atom stereocenters. The largest absolute Gasteiger partial charge is 0.523 e. The molecule has 0 fully saturated rings. The number of rotatable bonds is 7. The lowest BCUT2D eigenvalue weighted by molar-refractivity contribution is -0.0577. The van der Waals surface area contributed by atoms with Crippen LogP contribution in [0.15, 0.2) is 18.3 Å². The Balaban J connectivity index is 2.39. The number of halogens is 3. The van der Waals surface area contributed by atoms with E-state index < -0.39 is 36.2 Å². The van der Waals surface area contributed by atoms with Crippen LogP contribution in [-0.2, 0) is 25.1 Å². The number of hydrogen-bond acceptors (Lipinski definition) is 5. The molecule has 172 valence electrons. The van der Waals surface area contributed by atoms with Crippen molar-refractivity contribution >= 4 is 18.4 Å². The fourth-order valence-electron chi connectivity index (χ4n) is 4.82. The average Bonchev–Trinajstić information content (AvgIpc) is 2.76. The molecule has 1 aliphatic carbocycles. The molecule has 1 aliphatic rings. The first kappa shape index (κ1) is 25.3. The number of aromatic nitrogens is 1. The van der Waals surface area contributed by atoms with Gasteiger partial charge in [0.15, 0.2) is 0 Å². The van der Waals surface area contributed by atoms with Gasteiger partial charge in [-0.15, -0.1) is 0 Å². The normalized spacial score (nSPS) is 21.2. The van der Waals surface area contributed by atoms with Gasteiger partial charge in [0.2, 0.25) is 8.32 Å². The third-order valence-corrected chi connectivity index (χ3v) is 13.2. The molecule has 1 aromatic heterocycles. The molecule has 30 heavy (non-hydrogen) atoms. The molecule has 0 saturated heterocycles. The maximum Gasteiger partial charge on any atom is 0.523 e. The molecule has 0 N–H and O–H groups in total. The van der Waals surface area contributed by atoms with Crippen LogP contribution in [0.5, 0.6) is 0 Å². The van der Waals surface area contributed by atoms with Crippen LogP contribution in [-0.4, -0.2) is 33.3 Å². The van der Waals surface area contributed by atoms with Crippen LogP contribution < -0.4 is 0 Å². The van der Waals surface area contributed by atoms with Crippen LogP contribution in [0.1, 0.15) is 71.7 Å². The van der Waals surface area contributed by atoms with E-state index >= 15 is 0 Å². The monoisotopic (exact) mass is 467 g/mol. The molecule has 1 heterocycles. The van der Waals surface area contributed by atoms with Crippen LogP contribution in [0.25, 0.3) is 0 Å². The van der Waals surface area contributed by atoms with E-state index in [4.69, 9.17) is 4.43 Å². The second-order valence-electron chi connectivity index (χ2n) is 8.87. The van der Waals surface area contributed by atoms with Crippen LogP contribution in [0, 0.1) is 0 Å². The Morgan fingerprint density at radius 2 is 1.63 bits per heavy atom. The third-order valence-electron chi connectivity index (χ3n) is 6.03. The van der Waals surface area contributed by atoms with Crippen molar-refractivity contribution in [1.82, 2.24) is 4.98 Å². The number of pyridine rings is 1. The van der Waals surface area contributed by atoms with E-state index in [1.165, 1.54) is 0 Å². The highest BCUT2D eigenvalue weighted by molar-refractivity contribution is 7.87. The quantitative estimate of drug-likeness (QED) is 0.217.